The fourth-order valence-electron chi connectivity index (χ4n) is 3.61. The fourth-order valence-corrected chi connectivity index (χ4v) is 4.73. The van der Waals surface area contributed by atoms with E-state index in [-0.39, 0.29) is 41.0 Å². The molecule has 3 aromatic carbocycles. The molecule has 0 unspecified atom stereocenters. The topological polar surface area (TPSA) is 58.2 Å². The minimum atomic E-state index is -0.357. The second kappa shape index (κ2) is 11.1. The average Bonchev–Trinajstić information content (AvgIpc) is 2.77. The summed E-state index contributed by atoms with van der Waals surface area (Å²) in [5.74, 6) is -1.25. The molecule has 2 amide bonds. The van der Waals surface area contributed by atoms with Crippen LogP contribution in [0.3, 0.4) is 0 Å². The zero-order valence-corrected chi connectivity index (χ0v) is 19.6. The van der Waals surface area contributed by atoms with Gasteiger partial charge in [-0.05, 0) is 67.3 Å². The maximum Gasteiger partial charge on any atom is 0.243 e. The van der Waals surface area contributed by atoms with Gasteiger partial charge >= 0.3 is 0 Å². The smallest absolute Gasteiger partial charge is 0.243 e. The van der Waals surface area contributed by atoms with Crippen LogP contribution in [0.4, 0.5) is 14.5 Å². The molecule has 2 N–H and O–H groups in total. The van der Waals surface area contributed by atoms with Gasteiger partial charge in [0.25, 0.3) is 0 Å². The third kappa shape index (κ3) is 6.89. The largest absolute Gasteiger partial charge is 0.346 e. The molecule has 0 saturated carbocycles. The van der Waals surface area contributed by atoms with Crippen molar-refractivity contribution in [2.24, 2.45) is 0 Å². The molecule has 0 heterocycles. The molecule has 3 rings (SSSR count). The molecule has 0 aliphatic carbocycles. The number of carbonyl (C=O) groups is 2. The number of nitrogens with one attached hydrogen (secondary N) is 2. The monoisotopic (exact) mass is 468 g/mol. The van der Waals surface area contributed by atoms with Crippen LogP contribution in [-0.2, 0) is 9.59 Å². The lowest BCUT2D eigenvalue weighted by Crippen LogP contribution is -2.34. The minimum absolute atomic E-state index is 0.0787. The van der Waals surface area contributed by atoms with Crippen molar-refractivity contribution >= 4 is 29.3 Å². The zero-order chi connectivity index (χ0) is 24.0. The van der Waals surface area contributed by atoms with Gasteiger partial charge in [0.15, 0.2) is 0 Å². The first-order chi connectivity index (χ1) is 15.7. The van der Waals surface area contributed by atoms with E-state index in [0.29, 0.717) is 0 Å². The average molecular weight is 469 g/mol. The second-order valence-electron chi connectivity index (χ2n) is 7.89. The van der Waals surface area contributed by atoms with Crippen LogP contribution in [0.15, 0.2) is 60.7 Å². The van der Waals surface area contributed by atoms with E-state index in [1.54, 1.807) is 24.3 Å². The second-order valence-corrected chi connectivity index (χ2v) is 8.99. The molecule has 0 aromatic heterocycles. The van der Waals surface area contributed by atoms with E-state index in [4.69, 9.17) is 0 Å². The van der Waals surface area contributed by atoms with Crippen LogP contribution >= 0.6 is 11.8 Å². The minimum Gasteiger partial charge on any atom is -0.346 e. The number of thioether (sulfide) groups is 1. The maximum absolute atomic E-state index is 13.4. The van der Waals surface area contributed by atoms with Gasteiger partial charge in [0, 0.05) is 5.69 Å². The van der Waals surface area contributed by atoms with Gasteiger partial charge in [0.05, 0.1) is 17.5 Å². The van der Waals surface area contributed by atoms with E-state index in [2.05, 4.69) is 10.6 Å². The van der Waals surface area contributed by atoms with Crippen LogP contribution < -0.4 is 10.6 Å². The third-order valence-electron chi connectivity index (χ3n) is 5.11. The lowest BCUT2D eigenvalue weighted by Gasteiger charge is -2.18. The summed E-state index contributed by atoms with van der Waals surface area (Å²) in [6.45, 7) is 5.70. The van der Waals surface area contributed by atoms with E-state index < -0.39 is 0 Å². The van der Waals surface area contributed by atoms with Crippen LogP contribution in [0.2, 0.25) is 0 Å². The van der Waals surface area contributed by atoms with Gasteiger partial charge in [-0.3, -0.25) is 9.59 Å². The molecule has 0 aliphatic heterocycles. The van der Waals surface area contributed by atoms with Gasteiger partial charge in [0.1, 0.15) is 11.6 Å². The molecule has 7 heteroatoms. The highest BCUT2D eigenvalue weighted by molar-refractivity contribution is 8.00. The SMILES string of the molecule is Cc1cc(C)c(NC(=O)CNC(=O)CSC(c2ccc(F)cc2)c2ccc(F)cc2)c(C)c1. The van der Waals surface area contributed by atoms with Gasteiger partial charge in [-0.25, -0.2) is 8.78 Å². The summed E-state index contributed by atoms with van der Waals surface area (Å²) in [6.07, 6.45) is 0. The molecule has 0 radical (unpaired) electrons. The maximum atomic E-state index is 13.4. The van der Waals surface area contributed by atoms with Gasteiger partial charge < -0.3 is 10.6 Å². The quantitative estimate of drug-likeness (QED) is 0.461. The van der Waals surface area contributed by atoms with Crippen LogP contribution in [-0.4, -0.2) is 24.1 Å². The lowest BCUT2D eigenvalue weighted by molar-refractivity contribution is -0.122. The summed E-state index contributed by atoms with van der Waals surface area (Å²) in [7, 11) is 0. The van der Waals surface area contributed by atoms with Crippen molar-refractivity contribution in [3.8, 4) is 0 Å². The van der Waals surface area contributed by atoms with Crippen molar-refractivity contribution in [2.75, 3.05) is 17.6 Å². The number of hydrogen-bond donors (Lipinski definition) is 2. The molecule has 172 valence electrons. The van der Waals surface area contributed by atoms with Crippen molar-refractivity contribution < 1.29 is 18.4 Å². The standard InChI is InChI=1S/C26H26F2N2O2S/c1-16-12-17(2)25(18(3)13-16)30-23(31)14-29-24(32)15-33-26(19-4-8-21(27)9-5-19)20-6-10-22(28)11-7-20/h4-13,26H,14-15H2,1-3H3,(H,29,32)(H,30,31). The van der Waals surface area contributed by atoms with E-state index in [0.717, 1.165) is 33.5 Å². The van der Waals surface area contributed by atoms with Crippen molar-refractivity contribution in [1.82, 2.24) is 5.32 Å². The predicted molar refractivity (Wildman–Crippen MR) is 129 cm³/mol. The summed E-state index contributed by atoms with van der Waals surface area (Å²) < 4.78 is 26.7. The van der Waals surface area contributed by atoms with Gasteiger partial charge in [-0.2, -0.15) is 0 Å². The normalized spacial score (nSPS) is 10.8. The molecule has 33 heavy (non-hydrogen) atoms. The molecule has 4 nitrogen and oxygen atoms in total. The van der Waals surface area contributed by atoms with Crippen LogP contribution in [0.1, 0.15) is 33.1 Å². The Morgan fingerprint density at radius 2 is 1.30 bits per heavy atom. The number of amides is 2. The molecule has 0 bridgehead atoms. The summed E-state index contributed by atoms with van der Waals surface area (Å²) in [5, 5.41) is 5.21. The first-order valence-electron chi connectivity index (χ1n) is 10.5. The number of aryl methyl sites for hydroxylation is 3. The van der Waals surface area contributed by atoms with Crippen LogP contribution in [0.5, 0.6) is 0 Å². The van der Waals surface area contributed by atoms with E-state index in [1.807, 2.05) is 32.9 Å². The number of rotatable bonds is 8. The number of carbonyl (C=O) groups excluding carboxylic acids is 2. The molecule has 0 atom stereocenters. The molecule has 3 aromatic rings. The first-order valence-corrected chi connectivity index (χ1v) is 11.5. The zero-order valence-electron chi connectivity index (χ0n) is 18.7. The Morgan fingerprint density at radius 3 is 1.79 bits per heavy atom. The Hall–Kier alpha value is -3.19. The molecular formula is C26H26F2N2O2S. The van der Waals surface area contributed by atoms with Crippen molar-refractivity contribution in [3.05, 3.63) is 100 Å². The number of hydrogen-bond acceptors (Lipinski definition) is 3. The highest BCUT2D eigenvalue weighted by Crippen LogP contribution is 2.35. The van der Waals surface area contributed by atoms with Crippen LogP contribution in [0.25, 0.3) is 0 Å². The number of halogens is 2. The number of benzene rings is 3. The van der Waals surface area contributed by atoms with E-state index in [9.17, 15) is 18.4 Å². The summed E-state index contributed by atoms with van der Waals surface area (Å²) in [6, 6.07) is 16.0. The summed E-state index contributed by atoms with van der Waals surface area (Å²) in [5.41, 5.74) is 5.38. The molecule has 0 saturated heterocycles. The third-order valence-corrected chi connectivity index (χ3v) is 6.42. The molecular weight excluding hydrogens is 442 g/mol. The highest BCUT2D eigenvalue weighted by Gasteiger charge is 2.18. The van der Waals surface area contributed by atoms with E-state index in [1.165, 1.54) is 36.0 Å². The van der Waals surface area contributed by atoms with Crippen molar-refractivity contribution in [3.63, 3.8) is 0 Å². The Labute approximate surface area is 196 Å². The van der Waals surface area contributed by atoms with Gasteiger partial charge in [-0.1, -0.05) is 42.0 Å². The summed E-state index contributed by atoms with van der Waals surface area (Å²) in [4.78, 5) is 24.8. The molecule has 0 aliphatic rings. The lowest BCUT2D eigenvalue weighted by atomic mass is 10.0. The molecule has 0 spiro atoms. The van der Waals surface area contributed by atoms with E-state index >= 15 is 0 Å². The Kier molecular flexibility index (Phi) is 8.22. The molecule has 0 fully saturated rings. The Bertz CT molecular complexity index is 1060. The Balaban J connectivity index is 1.59. The fraction of sp³-hybridized carbons (Fsp3) is 0.231. The van der Waals surface area contributed by atoms with Crippen molar-refractivity contribution in [2.45, 2.75) is 26.0 Å². The van der Waals surface area contributed by atoms with Crippen molar-refractivity contribution in [1.29, 1.82) is 0 Å². The predicted octanol–water partition coefficient (Wildman–Crippen LogP) is 5.47. The van der Waals surface area contributed by atoms with Gasteiger partial charge in [0.2, 0.25) is 11.8 Å². The first kappa shape index (κ1) is 24.5. The van der Waals surface area contributed by atoms with Crippen LogP contribution in [0, 0.1) is 32.4 Å². The summed E-state index contributed by atoms with van der Waals surface area (Å²) >= 11 is 1.32. The highest BCUT2D eigenvalue weighted by atomic mass is 32.2. The number of anilines is 1. The van der Waals surface area contributed by atoms with Gasteiger partial charge in [-0.15, -0.1) is 11.8 Å². The Morgan fingerprint density at radius 1 is 0.818 bits per heavy atom.